The van der Waals surface area contributed by atoms with Crippen LogP contribution >= 0.6 is 22.9 Å². The van der Waals surface area contributed by atoms with Crippen LogP contribution in [-0.4, -0.2) is 25.3 Å². The van der Waals surface area contributed by atoms with Crippen molar-refractivity contribution in [2.75, 3.05) is 14.2 Å². The van der Waals surface area contributed by atoms with Crippen molar-refractivity contribution in [1.29, 1.82) is 0 Å². The van der Waals surface area contributed by atoms with E-state index in [1.807, 2.05) is 0 Å². The maximum atomic E-state index is 11.4. The second-order valence-corrected chi connectivity index (χ2v) is 5.80. The minimum absolute atomic E-state index is 0.180. The average Bonchev–Trinajstić information content (AvgIpc) is 2.90. The Balaban J connectivity index is 2.46. The summed E-state index contributed by atoms with van der Waals surface area (Å²) >= 11 is 7.08. The van der Waals surface area contributed by atoms with E-state index in [2.05, 4.69) is 0 Å². The van der Waals surface area contributed by atoms with Crippen LogP contribution in [0, 0.1) is 0 Å². The highest BCUT2D eigenvalue weighted by molar-refractivity contribution is 7.17. The summed E-state index contributed by atoms with van der Waals surface area (Å²) < 4.78 is 10.9. The van der Waals surface area contributed by atoms with E-state index < -0.39 is 5.97 Å². The van der Waals surface area contributed by atoms with Gasteiger partial charge in [-0.25, -0.2) is 4.79 Å². The van der Waals surface area contributed by atoms with Gasteiger partial charge in [-0.1, -0.05) is 17.7 Å². The van der Waals surface area contributed by atoms with E-state index in [0.717, 1.165) is 0 Å². The lowest BCUT2D eigenvalue weighted by atomic mass is 10.1. The number of rotatable bonds is 5. The zero-order chi connectivity index (χ0) is 15.4. The molecule has 0 saturated heterocycles. The molecular formula is C15H13ClO4S. The summed E-state index contributed by atoms with van der Waals surface area (Å²) in [5, 5.41) is 9.36. The molecule has 0 aliphatic rings. The Bertz CT molecular complexity index is 691. The van der Waals surface area contributed by atoms with Crippen LogP contribution in [0.4, 0.5) is 0 Å². The van der Waals surface area contributed by atoms with Crippen molar-refractivity contribution in [3.63, 3.8) is 0 Å². The zero-order valence-electron chi connectivity index (χ0n) is 11.4. The molecule has 0 aliphatic carbocycles. The molecule has 0 fully saturated rings. The summed E-state index contributed by atoms with van der Waals surface area (Å²) in [4.78, 5) is 12.0. The summed E-state index contributed by atoms with van der Waals surface area (Å²) in [5.41, 5.74) is 0.883. The third-order valence-electron chi connectivity index (χ3n) is 2.79. The molecule has 2 aromatic rings. The van der Waals surface area contributed by atoms with Crippen molar-refractivity contribution < 1.29 is 19.4 Å². The van der Waals surface area contributed by atoms with Crippen LogP contribution < -0.4 is 9.47 Å². The van der Waals surface area contributed by atoms with Crippen LogP contribution in [0.1, 0.15) is 10.4 Å². The molecule has 2 rings (SSSR count). The lowest BCUT2D eigenvalue weighted by Gasteiger charge is -2.08. The van der Waals surface area contributed by atoms with Crippen LogP contribution in [0.25, 0.3) is 11.6 Å². The number of carboxylic acid groups (broad SMARTS) is 1. The summed E-state index contributed by atoms with van der Waals surface area (Å²) in [7, 11) is 3.08. The van der Waals surface area contributed by atoms with Crippen molar-refractivity contribution in [2.45, 2.75) is 0 Å². The first-order valence-corrected chi connectivity index (χ1v) is 7.17. The van der Waals surface area contributed by atoms with E-state index in [-0.39, 0.29) is 5.57 Å². The summed E-state index contributed by atoms with van der Waals surface area (Å²) in [6.07, 6.45) is 1.58. The van der Waals surface area contributed by atoms with Crippen molar-refractivity contribution in [1.82, 2.24) is 0 Å². The molecule has 1 N–H and O–H groups in total. The van der Waals surface area contributed by atoms with Crippen molar-refractivity contribution in [3.05, 3.63) is 45.1 Å². The fourth-order valence-electron chi connectivity index (χ4n) is 1.81. The number of benzene rings is 1. The molecule has 0 atom stereocenters. The summed E-state index contributed by atoms with van der Waals surface area (Å²) in [6.45, 7) is 0. The molecule has 0 radical (unpaired) electrons. The van der Waals surface area contributed by atoms with Gasteiger partial charge in [-0.15, -0.1) is 11.3 Å². The molecule has 4 nitrogen and oxygen atoms in total. The molecule has 1 aromatic heterocycles. The van der Waals surface area contributed by atoms with Gasteiger partial charge in [0.15, 0.2) is 11.5 Å². The molecule has 0 aliphatic heterocycles. The third-order valence-corrected chi connectivity index (χ3v) is 4.05. The Hall–Kier alpha value is -1.98. The number of hydrogen-bond acceptors (Lipinski definition) is 4. The smallest absolute Gasteiger partial charge is 0.337 e. The molecule has 0 amide bonds. The van der Waals surface area contributed by atoms with E-state index in [0.29, 0.717) is 26.3 Å². The molecular weight excluding hydrogens is 312 g/mol. The summed E-state index contributed by atoms with van der Waals surface area (Å²) in [6, 6.07) is 8.57. The van der Waals surface area contributed by atoms with Crippen molar-refractivity contribution >= 4 is 40.6 Å². The van der Waals surface area contributed by atoms with Crippen LogP contribution in [0.15, 0.2) is 30.3 Å². The molecule has 0 saturated carbocycles. The van der Waals surface area contributed by atoms with Crippen molar-refractivity contribution in [3.8, 4) is 11.5 Å². The number of ether oxygens (including phenoxy) is 2. The minimum atomic E-state index is -1.01. The van der Waals surface area contributed by atoms with E-state index in [1.54, 1.807) is 43.5 Å². The van der Waals surface area contributed by atoms with E-state index in [9.17, 15) is 9.90 Å². The highest BCUT2D eigenvalue weighted by Crippen LogP contribution is 2.32. The normalized spacial score (nSPS) is 11.3. The largest absolute Gasteiger partial charge is 0.493 e. The Morgan fingerprint density at radius 3 is 2.43 bits per heavy atom. The topological polar surface area (TPSA) is 55.8 Å². The lowest BCUT2D eigenvalue weighted by Crippen LogP contribution is -1.98. The summed E-state index contributed by atoms with van der Waals surface area (Å²) in [5.74, 6) is 0.120. The fraction of sp³-hybridized carbons (Fsp3) is 0.133. The van der Waals surface area contributed by atoms with Gasteiger partial charge in [0, 0.05) is 4.88 Å². The van der Waals surface area contributed by atoms with Gasteiger partial charge in [0.2, 0.25) is 0 Å². The van der Waals surface area contributed by atoms with Crippen LogP contribution in [-0.2, 0) is 4.79 Å². The van der Waals surface area contributed by atoms with Gasteiger partial charge in [-0.3, -0.25) is 0 Å². The quantitative estimate of drug-likeness (QED) is 0.843. The Morgan fingerprint density at radius 2 is 1.90 bits per heavy atom. The number of carbonyl (C=O) groups is 1. The second kappa shape index (κ2) is 6.65. The van der Waals surface area contributed by atoms with Gasteiger partial charge in [0.25, 0.3) is 0 Å². The Morgan fingerprint density at radius 1 is 1.19 bits per heavy atom. The van der Waals surface area contributed by atoms with Gasteiger partial charge < -0.3 is 14.6 Å². The number of thiophene rings is 1. The van der Waals surface area contributed by atoms with Crippen LogP contribution in [0.3, 0.4) is 0 Å². The first-order valence-electron chi connectivity index (χ1n) is 5.98. The molecule has 0 unspecified atom stereocenters. The zero-order valence-corrected chi connectivity index (χ0v) is 13.0. The van der Waals surface area contributed by atoms with Gasteiger partial charge >= 0.3 is 5.97 Å². The molecule has 1 heterocycles. The first kappa shape index (κ1) is 15.4. The maximum Gasteiger partial charge on any atom is 0.337 e. The molecule has 1 aromatic carbocycles. The standard InChI is InChI=1S/C15H13ClO4S/c1-19-11-4-3-9(8-12(11)20-2)7-10(15(17)18)13-5-6-14(16)21-13/h3-8H,1-2H3,(H,17,18)/b10-7-. The SMILES string of the molecule is COc1ccc(/C=C(\C(=O)O)c2ccc(Cl)s2)cc1OC. The van der Waals surface area contributed by atoms with E-state index >= 15 is 0 Å². The Kier molecular flexibility index (Phi) is 4.88. The molecule has 110 valence electrons. The van der Waals surface area contributed by atoms with Crippen LogP contribution in [0.2, 0.25) is 4.34 Å². The average molecular weight is 325 g/mol. The minimum Gasteiger partial charge on any atom is -0.493 e. The molecule has 0 bridgehead atoms. The van der Waals surface area contributed by atoms with Gasteiger partial charge in [-0.05, 0) is 35.9 Å². The molecule has 0 spiro atoms. The number of aliphatic carboxylic acids is 1. The Labute approximate surface area is 131 Å². The van der Waals surface area contributed by atoms with Crippen molar-refractivity contribution in [2.24, 2.45) is 0 Å². The predicted octanol–water partition coefficient (Wildman–Crippen LogP) is 4.04. The monoisotopic (exact) mass is 324 g/mol. The van der Waals surface area contributed by atoms with E-state index in [1.165, 1.54) is 18.4 Å². The number of methoxy groups -OCH3 is 2. The highest BCUT2D eigenvalue weighted by Gasteiger charge is 2.13. The molecule has 21 heavy (non-hydrogen) atoms. The van der Waals surface area contributed by atoms with Gasteiger partial charge in [0.05, 0.1) is 24.1 Å². The predicted molar refractivity (Wildman–Crippen MR) is 84.4 cm³/mol. The number of halogens is 1. The second-order valence-electron chi connectivity index (χ2n) is 4.08. The van der Waals surface area contributed by atoms with E-state index in [4.69, 9.17) is 21.1 Å². The van der Waals surface area contributed by atoms with Gasteiger partial charge in [-0.2, -0.15) is 0 Å². The highest BCUT2D eigenvalue weighted by atomic mass is 35.5. The molecule has 6 heteroatoms. The van der Waals surface area contributed by atoms with Crippen LogP contribution in [0.5, 0.6) is 11.5 Å². The fourth-order valence-corrected chi connectivity index (χ4v) is 2.86. The third kappa shape index (κ3) is 3.56. The number of carboxylic acids is 1. The van der Waals surface area contributed by atoms with Gasteiger partial charge in [0.1, 0.15) is 0 Å². The maximum absolute atomic E-state index is 11.4. The first-order chi connectivity index (χ1) is 10.0. The lowest BCUT2D eigenvalue weighted by molar-refractivity contribution is -0.130. The number of hydrogen-bond donors (Lipinski definition) is 1.